The summed E-state index contributed by atoms with van der Waals surface area (Å²) in [7, 11) is 0. The summed E-state index contributed by atoms with van der Waals surface area (Å²) in [6.07, 6.45) is 5.17. The van der Waals surface area contributed by atoms with Crippen LogP contribution in [0.25, 0.3) is 0 Å². The molecule has 2 nitrogen and oxygen atoms in total. The van der Waals surface area contributed by atoms with Crippen LogP contribution >= 0.6 is 0 Å². The van der Waals surface area contributed by atoms with Gasteiger partial charge in [0.1, 0.15) is 0 Å². The molecular weight excluding hydrogens is 102 g/mol. The highest BCUT2D eigenvalue weighted by atomic mass is 16.4. The number of oxime groups is 1. The fourth-order valence-corrected chi connectivity index (χ4v) is 0.857. The molecule has 0 atom stereocenters. The number of hydrogen-bond acceptors (Lipinski definition) is 2. The molecule has 1 aliphatic carbocycles. The second-order valence-electron chi connectivity index (χ2n) is 2.46. The van der Waals surface area contributed by atoms with Crippen molar-refractivity contribution in [2.45, 2.75) is 26.2 Å². The molecule has 46 valence electrons. The molecule has 0 bridgehead atoms. The Hall–Kier alpha value is -0.530. The van der Waals surface area contributed by atoms with Gasteiger partial charge in [0.15, 0.2) is 0 Å². The highest BCUT2D eigenvalue weighted by molar-refractivity contribution is 5.68. The molecule has 0 aromatic heterocycles. The summed E-state index contributed by atoms with van der Waals surface area (Å²) in [5, 5.41) is 11.2. The SMILES string of the molecule is CCC1(/C=N/O)CC1. The van der Waals surface area contributed by atoms with E-state index in [-0.39, 0.29) is 0 Å². The maximum Gasteiger partial charge on any atom is 0.0497 e. The molecule has 0 amide bonds. The van der Waals surface area contributed by atoms with Crippen LogP contribution in [-0.4, -0.2) is 11.4 Å². The molecule has 8 heavy (non-hydrogen) atoms. The average Bonchev–Trinajstić information content (AvgIpc) is 2.50. The first-order valence-corrected chi connectivity index (χ1v) is 3.01. The van der Waals surface area contributed by atoms with Gasteiger partial charge in [-0.1, -0.05) is 6.92 Å². The van der Waals surface area contributed by atoms with Gasteiger partial charge in [-0.3, -0.25) is 0 Å². The molecule has 0 aromatic carbocycles. The maximum atomic E-state index is 8.14. The summed E-state index contributed by atoms with van der Waals surface area (Å²) in [5.74, 6) is 0. The summed E-state index contributed by atoms with van der Waals surface area (Å²) in [6, 6.07) is 0. The largest absolute Gasteiger partial charge is 0.411 e. The average molecular weight is 113 g/mol. The molecule has 0 spiro atoms. The van der Waals surface area contributed by atoms with Crippen molar-refractivity contribution in [1.82, 2.24) is 0 Å². The molecule has 1 rings (SSSR count). The lowest BCUT2D eigenvalue weighted by atomic mass is 10.1. The van der Waals surface area contributed by atoms with Crippen molar-refractivity contribution in [3.8, 4) is 0 Å². The Morgan fingerprint density at radius 1 is 1.75 bits per heavy atom. The van der Waals surface area contributed by atoms with E-state index in [1.165, 1.54) is 12.8 Å². The van der Waals surface area contributed by atoms with E-state index in [1.807, 2.05) is 0 Å². The first kappa shape index (κ1) is 5.60. The molecule has 1 aliphatic rings. The van der Waals surface area contributed by atoms with Crippen LogP contribution in [0.5, 0.6) is 0 Å². The lowest BCUT2D eigenvalue weighted by Gasteiger charge is -1.98. The van der Waals surface area contributed by atoms with Crippen LogP contribution in [0.3, 0.4) is 0 Å². The maximum absolute atomic E-state index is 8.14. The van der Waals surface area contributed by atoms with Crippen molar-refractivity contribution in [2.75, 3.05) is 0 Å². The second-order valence-corrected chi connectivity index (χ2v) is 2.46. The van der Waals surface area contributed by atoms with E-state index in [0.29, 0.717) is 5.41 Å². The van der Waals surface area contributed by atoms with Crippen molar-refractivity contribution < 1.29 is 5.21 Å². The monoisotopic (exact) mass is 113 g/mol. The molecule has 2 heteroatoms. The van der Waals surface area contributed by atoms with Crippen molar-refractivity contribution >= 4 is 6.21 Å². The fraction of sp³-hybridized carbons (Fsp3) is 0.833. The van der Waals surface area contributed by atoms with Crippen molar-refractivity contribution in [3.05, 3.63) is 0 Å². The van der Waals surface area contributed by atoms with E-state index in [9.17, 15) is 0 Å². The Kier molecular flexibility index (Phi) is 1.24. The molecule has 0 radical (unpaired) electrons. The Labute approximate surface area is 49.2 Å². The second kappa shape index (κ2) is 1.77. The van der Waals surface area contributed by atoms with E-state index >= 15 is 0 Å². The van der Waals surface area contributed by atoms with Gasteiger partial charge >= 0.3 is 0 Å². The van der Waals surface area contributed by atoms with E-state index in [1.54, 1.807) is 6.21 Å². The zero-order chi connectivity index (χ0) is 6.04. The normalized spacial score (nSPS) is 24.1. The summed E-state index contributed by atoms with van der Waals surface area (Å²) in [5.41, 5.74) is 0.300. The van der Waals surface area contributed by atoms with Crippen molar-refractivity contribution in [3.63, 3.8) is 0 Å². The third-order valence-corrected chi connectivity index (χ3v) is 1.93. The molecule has 1 saturated carbocycles. The van der Waals surface area contributed by atoms with E-state index in [4.69, 9.17) is 5.21 Å². The van der Waals surface area contributed by atoms with Crippen LogP contribution in [0.15, 0.2) is 5.16 Å². The minimum absolute atomic E-state index is 0.300. The highest BCUT2D eigenvalue weighted by Gasteiger charge is 2.39. The molecule has 0 heterocycles. The summed E-state index contributed by atoms with van der Waals surface area (Å²) < 4.78 is 0. The zero-order valence-electron chi connectivity index (χ0n) is 5.09. The Morgan fingerprint density at radius 2 is 2.38 bits per heavy atom. The zero-order valence-corrected chi connectivity index (χ0v) is 5.09. The molecule has 0 aromatic rings. The Morgan fingerprint density at radius 3 is 2.50 bits per heavy atom. The first-order chi connectivity index (χ1) is 3.83. The third kappa shape index (κ3) is 0.831. The van der Waals surface area contributed by atoms with Crippen LogP contribution in [0.2, 0.25) is 0 Å². The fourth-order valence-electron chi connectivity index (χ4n) is 0.857. The minimum Gasteiger partial charge on any atom is -0.411 e. The van der Waals surface area contributed by atoms with E-state index in [2.05, 4.69) is 12.1 Å². The predicted molar refractivity (Wildman–Crippen MR) is 32.2 cm³/mol. The predicted octanol–water partition coefficient (Wildman–Crippen LogP) is 1.64. The van der Waals surface area contributed by atoms with Crippen LogP contribution in [-0.2, 0) is 0 Å². The van der Waals surface area contributed by atoms with E-state index < -0.39 is 0 Å². The molecule has 0 saturated heterocycles. The van der Waals surface area contributed by atoms with Crippen LogP contribution in [0.4, 0.5) is 0 Å². The lowest BCUT2D eigenvalue weighted by Crippen LogP contribution is -1.97. The van der Waals surface area contributed by atoms with Gasteiger partial charge in [0.05, 0.1) is 0 Å². The first-order valence-electron chi connectivity index (χ1n) is 3.01. The molecular formula is C6H11NO. The van der Waals surface area contributed by atoms with Gasteiger partial charge in [0.2, 0.25) is 0 Å². The Bertz CT molecular complexity index is 105. The number of rotatable bonds is 2. The summed E-state index contributed by atoms with van der Waals surface area (Å²) >= 11 is 0. The van der Waals surface area contributed by atoms with Gasteiger partial charge < -0.3 is 5.21 Å². The summed E-state index contributed by atoms with van der Waals surface area (Å²) in [6.45, 7) is 2.12. The molecule has 1 fully saturated rings. The summed E-state index contributed by atoms with van der Waals surface area (Å²) in [4.78, 5) is 0. The molecule has 0 unspecified atom stereocenters. The lowest BCUT2D eigenvalue weighted by molar-refractivity contribution is 0.317. The van der Waals surface area contributed by atoms with Gasteiger partial charge in [-0.15, -0.1) is 5.16 Å². The molecule has 0 aliphatic heterocycles. The Balaban J connectivity index is 2.41. The minimum atomic E-state index is 0.300. The van der Waals surface area contributed by atoms with Crippen LogP contribution in [0, 0.1) is 5.41 Å². The third-order valence-electron chi connectivity index (χ3n) is 1.93. The smallest absolute Gasteiger partial charge is 0.0497 e. The van der Waals surface area contributed by atoms with Crippen LogP contribution < -0.4 is 0 Å². The number of hydrogen-bond donors (Lipinski definition) is 1. The topological polar surface area (TPSA) is 32.6 Å². The standard InChI is InChI=1S/C6H11NO/c1-2-6(3-4-6)5-7-8/h5,8H,2-4H2,1H3/b7-5+. The van der Waals surface area contributed by atoms with Gasteiger partial charge in [0, 0.05) is 11.6 Å². The van der Waals surface area contributed by atoms with Crippen LogP contribution in [0.1, 0.15) is 26.2 Å². The van der Waals surface area contributed by atoms with Gasteiger partial charge in [-0.05, 0) is 19.3 Å². The van der Waals surface area contributed by atoms with Crippen molar-refractivity contribution in [1.29, 1.82) is 0 Å². The van der Waals surface area contributed by atoms with Crippen molar-refractivity contribution in [2.24, 2.45) is 10.6 Å². The number of nitrogens with zero attached hydrogens (tertiary/aromatic N) is 1. The van der Waals surface area contributed by atoms with E-state index in [0.717, 1.165) is 6.42 Å². The van der Waals surface area contributed by atoms with Gasteiger partial charge in [-0.2, -0.15) is 0 Å². The molecule has 1 N–H and O–H groups in total. The van der Waals surface area contributed by atoms with Gasteiger partial charge in [-0.25, -0.2) is 0 Å². The highest BCUT2D eigenvalue weighted by Crippen LogP contribution is 2.46. The van der Waals surface area contributed by atoms with Gasteiger partial charge in [0.25, 0.3) is 0 Å². The quantitative estimate of drug-likeness (QED) is 0.329.